The molecule has 0 radical (unpaired) electrons. The molecule has 0 spiro atoms. The van der Waals surface area contributed by atoms with Crippen molar-refractivity contribution in [2.24, 2.45) is 0 Å². The second kappa shape index (κ2) is 7.90. The van der Waals surface area contributed by atoms with Crippen LogP contribution in [0.1, 0.15) is 36.1 Å². The summed E-state index contributed by atoms with van der Waals surface area (Å²) in [4.78, 5) is 0. The predicted octanol–water partition coefficient (Wildman–Crippen LogP) is 5.02. The Bertz CT molecular complexity index is 598. The fourth-order valence-electron chi connectivity index (χ4n) is 2.45. The van der Waals surface area contributed by atoms with Crippen molar-refractivity contribution in [3.05, 3.63) is 68.5 Å². The van der Waals surface area contributed by atoms with Crippen LogP contribution in [-0.2, 0) is 6.42 Å². The summed E-state index contributed by atoms with van der Waals surface area (Å²) in [6.07, 6.45) is 1.89. The van der Waals surface area contributed by atoms with Gasteiger partial charge in [0.2, 0.25) is 0 Å². The minimum atomic E-state index is -0.166. The first-order valence-electron chi connectivity index (χ1n) is 7.34. The summed E-state index contributed by atoms with van der Waals surface area (Å²) in [6.45, 7) is 5.25. The number of rotatable bonds is 6. The monoisotopic (exact) mass is 397 g/mol. The molecule has 0 aliphatic carbocycles. The van der Waals surface area contributed by atoms with E-state index in [0.717, 1.165) is 24.9 Å². The summed E-state index contributed by atoms with van der Waals surface area (Å²) in [5, 5.41) is 3.59. The standard InChI is InChI=1S/C18H21FIN/c1-3-10-21-17(12-14-7-5-8-15(19)11-14)16-9-4-6-13(2)18(16)20/h4-9,11,17,21H,3,10,12H2,1-2H3. The molecule has 1 atom stereocenters. The lowest BCUT2D eigenvalue weighted by molar-refractivity contribution is 0.525. The van der Waals surface area contributed by atoms with E-state index in [1.54, 1.807) is 12.1 Å². The molecule has 0 aromatic heterocycles. The van der Waals surface area contributed by atoms with Crippen LogP contribution < -0.4 is 5.32 Å². The highest BCUT2D eigenvalue weighted by atomic mass is 127. The van der Waals surface area contributed by atoms with Crippen LogP contribution in [0.5, 0.6) is 0 Å². The highest BCUT2D eigenvalue weighted by Crippen LogP contribution is 2.26. The van der Waals surface area contributed by atoms with E-state index < -0.39 is 0 Å². The maximum absolute atomic E-state index is 13.4. The van der Waals surface area contributed by atoms with Gasteiger partial charge in [-0.25, -0.2) is 4.39 Å². The van der Waals surface area contributed by atoms with Crippen LogP contribution in [0.4, 0.5) is 4.39 Å². The van der Waals surface area contributed by atoms with Crippen molar-refractivity contribution >= 4 is 22.6 Å². The van der Waals surface area contributed by atoms with E-state index in [-0.39, 0.29) is 11.9 Å². The average molecular weight is 397 g/mol. The molecule has 0 bridgehead atoms. The molecule has 1 N–H and O–H groups in total. The Hall–Kier alpha value is -0.940. The van der Waals surface area contributed by atoms with E-state index in [2.05, 4.69) is 60.0 Å². The van der Waals surface area contributed by atoms with Gasteiger partial charge in [-0.05, 0) is 77.7 Å². The lowest BCUT2D eigenvalue weighted by Crippen LogP contribution is -2.25. The number of halogens is 2. The molecule has 21 heavy (non-hydrogen) atoms. The second-order valence-electron chi connectivity index (χ2n) is 5.32. The van der Waals surface area contributed by atoms with Crippen molar-refractivity contribution in [2.45, 2.75) is 32.7 Å². The third-order valence-corrected chi connectivity index (χ3v) is 5.04. The Labute approximate surface area is 140 Å². The molecule has 3 heteroatoms. The zero-order valence-corrected chi connectivity index (χ0v) is 14.7. The number of aryl methyl sites for hydroxylation is 1. The van der Waals surface area contributed by atoms with Gasteiger partial charge in [-0.3, -0.25) is 0 Å². The van der Waals surface area contributed by atoms with Crippen molar-refractivity contribution in [3.63, 3.8) is 0 Å². The maximum atomic E-state index is 13.4. The van der Waals surface area contributed by atoms with Crippen LogP contribution in [0.3, 0.4) is 0 Å². The van der Waals surface area contributed by atoms with Crippen LogP contribution in [-0.4, -0.2) is 6.54 Å². The maximum Gasteiger partial charge on any atom is 0.123 e. The highest BCUT2D eigenvalue weighted by Gasteiger charge is 2.15. The molecule has 2 rings (SSSR count). The largest absolute Gasteiger partial charge is 0.310 e. The summed E-state index contributed by atoms with van der Waals surface area (Å²) < 4.78 is 14.7. The normalized spacial score (nSPS) is 12.4. The lowest BCUT2D eigenvalue weighted by Gasteiger charge is -2.21. The Morgan fingerprint density at radius 2 is 1.95 bits per heavy atom. The zero-order valence-electron chi connectivity index (χ0n) is 12.5. The Morgan fingerprint density at radius 1 is 1.19 bits per heavy atom. The van der Waals surface area contributed by atoms with Gasteiger partial charge >= 0.3 is 0 Å². The summed E-state index contributed by atoms with van der Waals surface area (Å²) in [7, 11) is 0. The molecule has 0 fully saturated rings. The third kappa shape index (κ3) is 4.51. The third-order valence-electron chi connectivity index (χ3n) is 3.57. The zero-order chi connectivity index (χ0) is 15.2. The van der Waals surface area contributed by atoms with Gasteiger partial charge in [0.25, 0.3) is 0 Å². The summed E-state index contributed by atoms with van der Waals surface area (Å²) >= 11 is 2.41. The van der Waals surface area contributed by atoms with E-state index in [1.807, 2.05) is 6.07 Å². The van der Waals surface area contributed by atoms with Gasteiger partial charge in [-0.15, -0.1) is 0 Å². The van der Waals surface area contributed by atoms with Crippen molar-refractivity contribution in [2.75, 3.05) is 6.54 Å². The molecule has 2 aromatic rings. The van der Waals surface area contributed by atoms with Gasteiger partial charge in [-0.2, -0.15) is 0 Å². The Balaban J connectivity index is 2.27. The van der Waals surface area contributed by atoms with Crippen LogP contribution in [0.25, 0.3) is 0 Å². The fraction of sp³-hybridized carbons (Fsp3) is 0.333. The van der Waals surface area contributed by atoms with Gasteiger partial charge in [0.05, 0.1) is 0 Å². The molecule has 0 saturated carbocycles. The van der Waals surface area contributed by atoms with Crippen LogP contribution in [0, 0.1) is 16.3 Å². The SMILES string of the molecule is CCCNC(Cc1cccc(F)c1)c1cccc(C)c1I. The minimum Gasteiger partial charge on any atom is -0.310 e. The molecule has 112 valence electrons. The molecule has 0 aliphatic heterocycles. The van der Waals surface area contributed by atoms with Crippen LogP contribution in [0.15, 0.2) is 42.5 Å². The molecule has 2 aromatic carbocycles. The van der Waals surface area contributed by atoms with Gasteiger partial charge in [0.15, 0.2) is 0 Å². The van der Waals surface area contributed by atoms with Gasteiger partial charge in [0, 0.05) is 9.61 Å². The smallest absolute Gasteiger partial charge is 0.123 e. The highest BCUT2D eigenvalue weighted by molar-refractivity contribution is 14.1. The molecule has 0 heterocycles. The first-order chi connectivity index (χ1) is 10.1. The van der Waals surface area contributed by atoms with Crippen LogP contribution >= 0.6 is 22.6 Å². The number of nitrogens with one attached hydrogen (secondary N) is 1. The van der Waals surface area contributed by atoms with E-state index in [4.69, 9.17) is 0 Å². The van der Waals surface area contributed by atoms with E-state index in [0.29, 0.717) is 0 Å². The quantitative estimate of drug-likeness (QED) is 0.675. The van der Waals surface area contributed by atoms with Crippen molar-refractivity contribution in [1.82, 2.24) is 5.32 Å². The molecular formula is C18H21FIN. The number of hydrogen-bond donors (Lipinski definition) is 1. The fourth-order valence-corrected chi connectivity index (χ4v) is 3.19. The summed E-state index contributed by atoms with van der Waals surface area (Å²) in [5.74, 6) is -0.166. The Morgan fingerprint density at radius 3 is 2.67 bits per heavy atom. The molecule has 0 aliphatic rings. The topological polar surface area (TPSA) is 12.0 Å². The molecule has 0 amide bonds. The molecular weight excluding hydrogens is 376 g/mol. The first-order valence-corrected chi connectivity index (χ1v) is 8.42. The number of hydrogen-bond acceptors (Lipinski definition) is 1. The Kier molecular flexibility index (Phi) is 6.18. The van der Waals surface area contributed by atoms with Gasteiger partial charge in [-0.1, -0.05) is 37.3 Å². The van der Waals surface area contributed by atoms with Crippen molar-refractivity contribution in [3.8, 4) is 0 Å². The van der Waals surface area contributed by atoms with Crippen LogP contribution in [0.2, 0.25) is 0 Å². The molecule has 1 nitrogen and oxygen atoms in total. The van der Waals surface area contributed by atoms with Crippen molar-refractivity contribution in [1.29, 1.82) is 0 Å². The minimum absolute atomic E-state index is 0.166. The number of benzene rings is 2. The first kappa shape index (κ1) is 16.4. The average Bonchev–Trinajstić information content (AvgIpc) is 2.47. The van der Waals surface area contributed by atoms with E-state index in [9.17, 15) is 4.39 Å². The van der Waals surface area contributed by atoms with Gasteiger partial charge in [0.1, 0.15) is 5.82 Å². The van der Waals surface area contributed by atoms with E-state index >= 15 is 0 Å². The second-order valence-corrected chi connectivity index (χ2v) is 6.40. The van der Waals surface area contributed by atoms with E-state index in [1.165, 1.54) is 20.8 Å². The predicted molar refractivity (Wildman–Crippen MR) is 95.0 cm³/mol. The lowest BCUT2D eigenvalue weighted by atomic mass is 9.97. The molecule has 0 saturated heterocycles. The summed E-state index contributed by atoms with van der Waals surface area (Å²) in [6, 6.07) is 13.5. The molecule has 1 unspecified atom stereocenters. The van der Waals surface area contributed by atoms with Gasteiger partial charge < -0.3 is 5.32 Å². The summed E-state index contributed by atoms with van der Waals surface area (Å²) in [5.41, 5.74) is 3.62. The van der Waals surface area contributed by atoms with Crippen molar-refractivity contribution < 1.29 is 4.39 Å².